The van der Waals surface area contributed by atoms with Crippen molar-refractivity contribution in [2.75, 3.05) is 6.61 Å². The highest BCUT2D eigenvalue weighted by Crippen LogP contribution is 2.22. The second kappa shape index (κ2) is 6.04. The van der Waals surface area contributed by atoms with Gasteiger partial charge in [-0.25, -0.2) is 8.78 Å². The average molecular weight is 263 g/mol. The first-order chi connectivity index (χ1) is 9.20. The first-order valence-corrected chi connectivity index (χ1v) is 5.66. The fraction of sp³-hybridized carbons (Fsp3) is 0.143. The van der Waals surface area contributed by atoms with Crippen molar-refractivity contribution in [2.24, 2.45) is 0 Å². The Morgan fingerprint density at radius 3 is 2.37 bits per heavy atom. The van der Waals surface area contributed by atoms with Crippen molar-refractivity contribution in [1.82, 2.24) is 4.98 Å². The molecule has 5 heteroatoms. The summed E-state index contributed by atoms with van der Waals surface area (Å²) in [6.07, 6.45) is 4.16. The highest BCUT2D eigenvalue weighted by atomic mass is 19.1. The molecule has 0 fully saturated rings. The molecule has 0 aliphatic carbocycles. The van der Waals surface area contributed by atoms with Crippen LogP contribution in [0.15, 0.2) is 36.7 Å². The third-order valence-corrected chi connectivity index (χ3v) is 2.54. The monoisotopic (exact) mass is 263 g/mol. The molecule has 0 spiro atoms. The van der Waals surface area contributed by atoms with Gasteiger partial charge in [-0.2, -0.15) is 0 Å². The van der Waals surface area contributed by atoms with Crippen LogP contribution in [0.5, 0.6) is 5.75 Å². The van der Waals surface area contributed by atoms with E-state index in [1.54, 1.807) is 24.5 Å². The van der Waals surface area contributed by atoms with Gasteiger partial charge in [-0.05, 0) is 29.8 Å². The van der Waals surface area contributed by atoms with Crippen LogP contribution in [0.3, 0.4) is 0 Å². The van der Waals surface area contributed by atoms with Crippen LogP contribution in [0, 0.1) is 11.6 Å². The third-order valence-electron chi connectivity index (χ3n) is 2.54. The molecule has 1 aromatic carbocycles. The molecule has 2 aromatic rings. The molecule has 1 aromatic heterocycles. The fourth-order valence-corrected chi connectivity index (χ4v) is 1.61. The van der Waals surface area contributed by atoms with Crippen LogP contribution in [0.1, 0.15) is 15.9 Å². The fourth-order valence-electron chi connectivity index (χ4n) is 1.61. The number of benzene rings is 1. The average Bonchev–Trinajstić information content (AvgIpc) is 2.42. The Labute approximate surface area is 108 Å². The predicted octanol–water partition coefficient (Wildman–Crippen LogP) is 2.79. The van der Waals surface area contributed by atoms with Crippen LogP contribution in [-0.4, -0.2) is 17.9 Å². The van der Waals surface area contributed by atoms with E-state index in [4.69, 9.17) is 4.74 Å². The first-order valence-electron chi connectivity index (χ1n) is 5.66. The molecule has 0 amide bonds. The van der Waals surface area contributed by atoms with Gasteiger partial charge in [0.25, 0.3) is 0 Å². The number of aromatic nitrogens is 1. The number of aldehydes is 1. The summed E-state index contributed by atoms with van der Waals surface area (Å²) >= 11 is 0. The molecule has 3 nitrogen and oxygen atoms in total. The number of pyridine rings is 1. The molecule has 98 valence electrons. The summed E-state index contributed by atoms with van der Waals surface area (Å²) in [5.41, 5.74) is 0.900. The van der Waals surface area contributed by atoms with Crippen LogP contribution in [-0.2, 0) is 6.42 Å². The zero-order valence-electron chi connectivity index (χ0n) is 9.98. The lowest BCUT2D eigenvalue weighted by molar-refractivity contribution is 0.112. The summed E-state index contributed by atoms with van der Waals surface area (Å²) in [4.78, 5) is 14.3. The minimum absolute atomic E-state index is 0.0588. The van der Waals surface area contributed by atoms with Gasteiger partial charge in [0.15, 0.2) is 17.4 Å². The summed E-state index contributed by atoms with van der Waals surface area (Å²) < 4.78 is 32.1. The van der Waals surface area contributed by atoms with Crippen LogP contribution in [0.25, 0.3) is 0 Å². The van der Waals surface area contributed by atoms with Gasteiger partial charge in [-0.1, -0.05) is 0 Å². The maximum absolute atomic E-state index is 13.5. The van der Waals surface area contributed by atoms with E-state index < -0.39 is 17.4 Å². The van der Waals surface area contributed by atoms with Crippen molar-refractivity contribution in [2.45, 2.75) is 6.42 Å². The molecule has 0 saturated carbocycles. The van der Waals surface area contributed by atoms with E-state index in [1.165, 1.54) is 0 Å². The zero-order valence-corrected chi connectivity index (χ0v) is 9.98. The molecule has 0 unspecified atom stereocenters. The van der Waals surface area contributed by atoms with Gasteiger partial charge >= 0.3 is 0 Å². The molecular weight excluding hydrogens is 252 g/mol. The lowest BCUT2D eigenvalue weighted by atomic mass is 10.2. The number of hydrogen-bond donors (Lipinski definition) is 0. The second-order valence-corrected chi connectivity index (χ2v) is 3.89. The predicted molar refractivity (Wildman–Crippen MR) is 65.2 cm³/mol. The van der Waals surface area contributed by atoms with Crippen LogP contribution in [0.2, 0.25) is 0 Å². The Morgan fingerprint density at radius 1 is 1.16 bits per heavy atom. The highest BCUT2D eigenvalue weighted by Gasteiger charge is 2.12. The topological polar surface area (TPSA) is 39.2 Å². The molecule has 0 saturated heterocycles. The van der Waals surface area contributed by atoms with Crippen LogP contribution >= 0.6 is 0 Å². The van der Waals surface area contributed by atoms with Crippen molar-refractivity contribution in [1.29, 1.82) is 0 Å². The van der Waals surface area contributed by atoms with Crippen molar-refractivity contribution >= 4 is 6.29 Å². The van der Waals surface area contributed by atoms with Crippen molar-refractivity contribution in [3.8, 4) is 5.75 Å². The summed E-state index contributed by atoms with van der Waals surface area (Å²) in [6.45, 7) is 0.137. The van der Waals surface area contributed by atoms with E-state index in [0.29, 0.717) is 12.7 Å². The largest absolute Gasteiger partial charge is 0.487 e. The SMILES string of the molecule is O=Cc1cc(F)c(OCCc2ccncc2)c(F)c1. The quantitative estimate of drug-likeness (QED) is 0.779. The summed E-state index contributed by atoms with van der Waals surface area (Å²) in [6, 6.07) is 5.48. The lowest BCUT2D eigenvalue weighted by Gasteiger charge is -2.08. The standard InChI is InChI=1S/C14H11F2NO2/c15-12-7-11(9-18)8-13(16)14(12)19-6-3-10-1-4-17-5-2-10/h1-2,4-5,7-9H,3,6H2. The summed E-state index contributed by atoms with van der Waals surface area (Å²) in [7, 11) is 0. The Bertz CT molecular complexity index is 550. The Hall–Kier alpha value is -2.30. The molecule has 1 heterocycles. The number of nitrogens with zero attached hydrogens (tertiary/aromatic N) is 1. The van der Waals surface area contributed by atoms with E-state index in [0.717, 1.165) is 17.7 Å². The van der Waals surface area contributed by atoms with Gasteiger partial charge in [0.2, 0.25) is 0 Å². The van der Waals surface area contributed by atoms with E-state index in [1.807, 2.05) is 0 Å². The maximum Gasteiger partial charge on any atom is 0.190 e. The molecule has 0 radical (unpaired) electrons. The minimum Gasteiger partial charge on any atom is -0.487 e. The Morgan fingerprint density at radius 2 is 1.79 bits per heavy atom. The maximum atomic E-state index is 13.5. The normalized spacial score (nSPS) is 10.2. The summed E-state index contributed by atoms with van der Waals surface area (Å²) in [5.74, 6) is -2.21. The summed E-state index contributed by atoms with van der Waals surface area (Å²) in [5, 5.41) is 0. The number of carbonyl (C=O) groups is 1. The van der Waals surface area contributed by atoms with Crippen molar-refractivity contribution < 1.29 is 18.3 Å². The van der Waals surface area contributed by atoms with Gasteiger partial charge in [-0.15, -0.1) is 0 Å². The molecule has 0 bridgehead atoms. The van der Waals surface area contributed by atoms with Gasteiger partial charge < -0.3 is 4.74 Å². The van der Waals surface area contributed by atoms with Gasteiger partial charge in [0.1, 0.15) is 6.29 Å². The second-order valence-electron chi connectivity index (χ2n) is 3.89. The molecule has 0 N–H and O–H groups in total. The zero-order chi connectivity index (χ0) is 13.7. The van der Waals surface area contributed by atoms with Gasteiger partial charge in [-0.3, -0.25) is 9.78 Å². The van der Waals surface area contributed by atoms with Crippen LogP contribution < -0.4 is 4.74 Å². The Kier molecular flexibility index (Phi) is 4.18. The number of carbonyl (C=O) groups excluding carboxylic acids is 1. The highest BCUT2D eigenvalue weighted by molar-refractivity contribution is 5.75. The van der Waals surface area contributed by atoms with E-state index >= 15 is 0 Å². The number of hydrogen-bond acceptors (Lipinski definition) is 3. The molecular formula is C14H11F2NO2. The minimum atomic E-state index is -0.878. The number of ether oxygens (including phenoxy) is 1. The Balaban J connectivity index is 2.02. The first kappa shape index (κ1) is 13.1. The van der Waals surface area contributed by atoms with Gasteiger partial charge in [0, 0.05) is 24.4 Å². The number of rotatable bonds is 5. The third kappa shape index (κ3) is 3.34. The molecule has 19 heavy (non-hydrogen) atoms. The van der Waals surface area contributed by atoms with E-state index in [9.17, 15) is 13.6 Å². The lowest BCUT2D eigenvalue weighted by Crippen LogP contribution is -2.05. The van der Waals surface area contributed by atoms with Gasteiger partial charge in [0.05, 0.1) is 6.61 Å². The molecule has 0 aliphatic rings. The van der Waals surface area contributed by atoms with E-state index in [2.05, 4.69) is 4.98 Å². The van der Waals surface area contributed by atoms with Crippen molar-refractivity contribution in [3.63, 3.8) is 0 Å². The van der Waals surface area contributed by atoms with Crippen molar-refractivity contribution in [3.05, 3.63) is 59.4 Å². The van der Waals surface area contributed by atoms with Crippen LogP contribution in [0.4, 0.5) is 8.78 Å². The molecule has 0 atom stereocenters. The smallest absolute Gasteiger partial charge is 0.190 e. The van der Waals surface area contributed by atoms with E-state index in [-0.39, 0.29) is 12.2 Å². The molecule has 0 aliphatic heterocycles. The number of halogens is 2. The molecule has 2 rings (SSSR count).